The van der Waals surface area contributed by atoms with Crippen LogP contribution in [0.1, 0.15) is 6.92 Å². The van der Waals surface area contributed by atoms with Crippen LogP contribution in [0.15, 0.2) is 0 Å². The molecule has 1 amide bonds. The van der Waals surface area contributed by atoms with Crippen LogP contribution in [0.5, 0.6) is 0 Å². The van der Waals surface area contributed by atoms with E-state index in [-0.39, 0.29) is 5.78 Å². The Morgan fingerprint density at radius 2 is 2.55 bits per heavy atom. The third-order valence-corrected chi connectivity index (χ3v) is 1.58. The Kier molecular flexibility index (Phi) is 2.09. The van der Waals surface area contributed by atoms with Gasteiger partial charge in [0.1, 0.15) is 17.9 Å². The third-order valence-electron chi connectivity index (χ3n) is 1.58. The second-order valence-corrected chi connectivity index (χ2v) is 2.46. The Balaban J connectivity index is 2.49. The Hall–Kier alpha value is -1.10. The maximum Gasteiger partial charge on any atom is 0.407 e. The number of hydrogen-bond acceptors (Lipinski definition) is 4. The fourth-order valence-corrected chi connectivity index (χ4v) is 0.867. The highest BCUT2D eigenvalue weighted by molar-refractivity contribution is 5.83. The van der Waals surface area contributed by atoms with Crippen molar-refractivity contribution in [3.8, 4) is 0 Å². The van der Waals surface area contributed by atoms with Crippen molar-refractivity contribution in [3.05, 3.63) is 0 Å². The smallest absolute Gasteiger partial charge is 0.407 e. The van der Waals surface area contributed by atoms with Crippen LogP contribution < -0.4 is 11.1 Å². The van der Waals surface area contributed by atoms with Crippen LogP contribution >= 0.6 is 0 Å². The Bertz CT molecular complexity index is 192. The predicted octanol–water partition coefficient (Wildman–Crippen LogP) is -0.989. The number of carbonyl (C=O) groups is 2. The molecule has 2 atom stereocenters. The topological polar surface area (TPSA) is 81.4 Å². The molecule has 62 valence electrons. The molecule has 1 saturated heterocycles. The number of Topliss-reactive ketones (excluding diaryl/α,β-unsaturated/α-hetero) is 1. The molecule has 5 heteroatoms. The molecule has 0 spiro atoms. The van der Waals surface area contributed by atoms with Crippen molar-refractivity contribution in [2.75, 3.05) is 6.54 Å². The number of nitrogens with one attached hydrogen (secondary N) is 1. The number of cyclic esters (lactones) is 1. The average molecular weight is 158 g/mol. The standard InChI is InChI=1S/C6H10N2O3/c1-3(9)5(7)4-2-8-6(10)11-4/h4-5H,2,7H2,1H3,(H,8,10). The van der Waals surface area contributed by atoms with Gasteiger partial charge in [0.15, 0.2) is 0 Å². The van der Waals surface area contributed by atoms with E-state index in [2.05, 4.69) is 10.1 Å². The van der Waals surface area contributed by atoms with Gasteiger partial charge in [-0.1, -0.05) is 0 Å². The molecule has 3 N–H and O–H groups in total. The fraction of sp³-hybridized carbons (Fsp3) is 0.667. The van der Waals surface area contributed by atoms with Crippen LogP contribution in [0.2, 0.25) is 0 Å². The van der Waals surface area contributed by atoms with Gasteiger partial charge in [0, 0.05) is 0 Å². The first-order valence-corrected chi connectivity index (χ1v) is 3.32. The minimum absolute atomic E-state index is 0.175. The van der Waals surface area contributed by atoms with Gasteiger partial charge < -0.3 is 15.8 Å². The summed E-state index contributed by atoms with van der Waals surface area (Å²) >= 11 is 0. The first-order valence-electron chi connectivity index (χ1n) is 3.32. The normalized spacial score (nSPS) is 25.6. The van der Waals surface area contributed by atoms with Crippen LogP contribution in [-0.4, -0.2) is 30.6 Å². The largest absolute Gasteiger partial charge is 0.442 e. The van der Waals surface area contributed by atoms with Gasteiger partial charge in [0.05, 0.1) is 6.54 Å². The van der Waals surface area contributed by atoms with E-state index in [0.717, 1.165) is 0 Å². The van der Waals surface area contributed by atoms with E-state index in [0.29, 0.717) is 6.54 Å². The molecule has 1 rings (SSSR count). The van der Waals surface area contributed by atoms with Crippen LogP contribution in [0.25, 0.3) is 0 Å². The quantitative estimate of drug-likeness (QED) is 0.540. The summed E-state index contributed by atoms with van der Waals surface area (Å²) < 4.78 is 4.69. The van der Waals surface area contributed by atoms with Crippen LogP contribution in [-0.2, 0) is 9.53 Å². The molecular formula is C6H10N2O3. The molecule has 1 heterocycles. The van der Waals surface area contributed by atoms with Crippen LogP contribution in [0.4, 0.5) is 4.79 Å². The van der Waals surface area contributed by atoms with Gasteiger partial charge in [-0.05, 0) is 6.92 Å². The average Bonchev–Trinajstić information content (AvgIpc) is 2.34. The minimum Gasteiger partial charge on any atom is -0.442 e. The lowest BCUT2D eigenvalue weighted by Gasteiger charge is -2.12. The second kappa shape index (κ2) is 2.87. The van der Waals surface area contributed by atoms with Gasteiger partial charge >= 0.3 is 6.09 Å². The Labute approximate surface area is 63.9 Å². The van der Waals surface area contributed by atoms with E-state index in [1.54, 1.807) is 0 Å². The molecule has 0 bridgehead atoms. The highest BCUT2D eigenvalue weighted by Gasteiger charge is 2.30. The van der Waals surface area contributed by atoms with Gasteiger partial charge in [-0.2, -0.15) is 0 Å². The summed E-state index contributed by atoms with van der Waals surface area (Å²) in [5.41, 5.74) is 5.42. The summed E-state index contributed by atoms with van der Waals surface area (Å²) in [7, 11) is 0. The van der Waals surface area contributed by atoms with Crippen LogP contribution in [0, 0.1) is 0 Å². The van der Waals surface area contributed by atoms with Crippen molar-refractivity contribution in [2.45, 2.75) is 19.1 Å². The lowest BCUT2D eigenvalue weighted by Crippen LogP contribution is -2.42. The number of amides is 1. The monoisotopic (exact) mass is 158 g/mol. The van der Waals surface area contributed by atoms with Gasteiger partial charge in [0.25, 0.3) is 0 Å². The minimum atomic E-state index is -0.700. The van der Waals surface area contributed by atoms with E-state index in [1.807, 2.05) is 0 Å². The second-order valence-electron chi connectivity index (χ2n) is 2.46. The zero-order chi connectivity index (χ0) is 8.43. The Morgan fingerprint density at radius 1 is 1.91 bits per heavy atom. The van der Waals surface area contributed by atoms with Crippen molar-refractivity contribution in [3.63, 3.8) is 0 Å². The molecule has 0 aromatic rings. The van der Waals surface area contributed by atoms with Crippen molar-refractivity contribution in [2.24, 2.45) is 5.73 Å². The summed E-state index contributed by atoms with van der Waals surface area (Å²) in [6.07, 6.45) is -1.01. The molecule has 11 heavy (non-hydrogen) atoms. The molecular weight excluding hydrogens is 148 g/mol. The maximum atomic E-state index is 10.7. The molecule has 0 aromatic heterocycles. The van der Waals surface area contributed by atoms with E-state index >= 15 is 0 Å². The number of ether oxygens (including phenoxy) is 1. The van der Waals surface area contributed by atoms with Gasteiger partial charge in [-0.25, -0.2) is 4.79 Å². The zero-order valence-electron chi connectivity index (χ0n) is 6.16. The molecule has 0 saturated carbocycles. The number of alkyl carbamates (subject to hydrolysis) is 1. The summed E-state index contributed by atoms with van der Waals surface area (Å²) in [6, 6.07) is -0.700. The van der Waals surface area contributed by atoms with E-state index in [9.17, 15) is 9.59 Å². The third kappa shape index (κ3) is 1.68. The molecule has 2 unspecified atom stereocenters. The highest BCUT2D eigenvalue weighted by Crippen LogP contribution is 2.03. The van der Waals surface area contributed by atoms with Crippen molar-refractivity contribution in [1.82, 2.24) is 5.32 Å². The highest BCUT2D eigenvalue weighted by atomic mass is 16.6. The summed E-state index contributed by atoms with van der Waals surface area (Å²) in [6.45, 7) is 1.69. The molecule has 0 aromatic carbocycles. The molecule has 0 radical (unpaired) electrons. The lowest BCUT2D eigenvalue weighted by molar-refractivity contribution is -0.120. The summed E-state index contributed by atoms with van der Waals surface area (Å²) in [5.74, 6) is -0.175. The van der Waals surface area contributed by atoms with Crippen LogP contribution in [0.3, 0.4) is 0 Å². The van der Waals surface area contributed by atoms with Crippen molar-refractivity contribution < 1.29 is 14.3 Å². The van der Waals surface area contributed by atoms with E-state index < -0.39 is 18.2 Å². The summed E-state index contributed by atoms with van der Waals surface area (Å²) in [4.78, 5) is 21.2. The SMILES string of the molecule is CC(=O)C(N)C1CNC(=O)O1. The van der Waals surface area contributed by atoms with Crippen molar-refractivity contribution >= 4 is 11.9 Å². The Morgan fingerprint density at radius 3 is 2.91 bits per heavy atom. The van der Waals surface area contributed by atoms with Gasteiger partial charge in [0.2, 0.25) is 0 Å². The van der Waals surface area contributed by atoms with Crippen molar-refractivity contribution in [1.29, 1.82) is 0 Å². The molecule has 1 fully saturated rings. The number of carbonyl (C=O) groups excluding carboxylic acids is 2. The molecule has 1 aliphatic heterocycles. The number of rotatable bonds is 2. The number of hydrogen-bond donors (Lipinski definition) is 2. The van der Waals surface area contributed by atoms with E-state index in [4.69, 9.17) is 5.73 Å². The molecule has 0 aliphatic carbocycles. The van der Waals surface area contributed by atoms with E-state index in [1.165, 1.54) is 6.92 Å². The number of nitrogens with two attached hydrogens (primary N) is 1. The van der Waals surface area contributed by atoms with Gasteiger partial charge in [-0.3, -0.25) is 4.79 Å². The lowest BCUT2D eigenvalue weighted by atomic mass is 10.1. The first-order chi connectivity index (χ1) is 5.11. The predicted molar refractivity (Wildman–Crippen MR) is 36.9 cm³/mol. The maximum absolute atomic E-state index is 10.7. The fourth-order valence-electron chi connectivity index (χ4n) is 0.867. The summed E-state index contributed by atoms with van der Waals surface area (Å²) in [5, 5.41) is 2.41. The molecule has 1 aliphatic rings. The molecule has 5 nitrogen and oxygen atoms in total. The van der Waals surface area contributed by atoms with Gasteiger partial charge in [-0.15, -0.1) is 0 Å². The first kappa shape index (κ1) is 8.00. The number of ketones is 1. The zero-order valence-corrected chi connectivity index (χ0v) is 6.16.